The average Bonchev–Trinajstić information content (AvgIpc) is 2.83. The van der Waals surface area contributed by atoms with Crippen molar-refractivity contribution in [2.24, 2.45) is 5.92 Å². The Bertz CT molecular complexity index is 332. The summed E-state index contributed by atoms with van der Waals surface area (Å²) >= 11 is 1.57. The fourth-order valence-corrected chi connectivity index (χ4v) is 3.33. The molecule has 0 fully saturated rings. The van der Waals surface area contributed by atoms with Crippen molar-refractivity contribution in [2.45, 2.75) is 65.8 Å². The van der Waals surface area contributed by atoms with Gasteiger partial charge in [0.1, 0.15) is 0 Å². The minimum absolute atomic E-state index is 0.428. The third-order valence-electron chi connectivity index (χ3n) is 3.50. The highest BCUT2D eigenvalue weighted by atomic mass is 32.1. The number of hydrogen-bond acceptors (Lipinski definition) is 4. The first-order valence-electron chi connectivity index (χ1n) is 7.21. The van der Waals surface area contributed by atoms with Crippen LogP contribution in [0.4, 0.5) is 0 Å². The summed E-state index contributed by atoms with van der Waals surface area (Å²) in [5.41, 5.74) is 1.18. The smallest absolute Gasteiger partial charge is 0.0829 e. The molecule has 0 aliphatic carbocycles. The second-order valence-electron chi connectivity index (χ2n) is 5.19. The van der Waals surface area contributed by atoms with Crippen molar-refractivity contribution in [1.29, 1.82) is 0 Å². The van der Waals surface area contributed by atoms with Crippen LogP contribution < -0.4 is 5.32 Å². The van der Waals surface area contributed by atoms with Gasteiger partial charge in [0.2, 0.25) is 0 Å². The lowest BCUT2D eigenvalue weighted by molar-refractivity contribution is 0.343. The van der Waals surface area contributed by atoms with E-state index in [0.717, 1.165) is 6.54 Å². The van der Waals surface area contributed by atoms with Crippen molar-refractivity contribution in [3.8, 4) is 0 Å². The van der Waals surface area contributed by atoms with Crippen molar-refractivity contribution < 1.29 is 0 Å². The Kier molecular flexibility index (Phi) is 6.79. The third kappa shape index (κ3) is 3.75. The third-order valence-corrected chi connectivity index (χ3v) is 4.33. The number of hydrogen-bond donors (Lipinski definition) is 1. The van der Waals surface area contributed by atoms with E-state index in [-0.39, 0.29) is 0 Å². The van der Waals surface area contributed by atoms with E-state index in [1.54, 1.807) is 11.5 Å². The van der Waals surface area contributed by atoms with E-state index in [4.69, 9.17) is 0 Å². The molecule has 0 saturated heterocycles. The van der Waals surface area contributed by atoms with Crippen LogP contribution in [0.1, 0.15) is 76.4 Å². The van der Waals surface area contributed by atoms with E-state index in [9.17, 15) is 0 Å². The lowest BCUT2D eigenvalue weighted by Gasteiger charge is -2.26. The zero-order chi connectivity index (χ0) is 13.5. The van der Waals surface area contributed by atoms with E-state index in [1.165, 1.54) is 29.8 Å². The molecule has 104 valence electrons. The molecule has 1 aromatic heterocycles. The van der Waals surface area contributed by atoms with Crippen molar-refractivity contribution in [3.05, 3.63) is 10.6 Å². The fourth-order valence-electron chi connectivity index (χ4n) is 2.35. The molecule has 4 heteroatoms. The van der Waals surface area contributed by atoms with Gasteiger partial charge in [0.05, 0.1) is 10.6 Å². The molecular weight excluding hydrogens is 242 g/mol. The zero-order valence-electron chi connectivity index (χ0n) is 12.4. The van der Waals surface area contributed by atoms with Crippen LogP contribution in [0.25, 0.3) is 0 Å². The highest BCUT2D eigenvalue weighted by Crippen LogP contribution is 2.33. The highest BCUT2D eigenvalue weighted by molar-refractivity contribution is 7.05. The van der Waals surface area contributed by atoms with Gasteiger partial charge >= 0.3 is 0 Å². The van der Waals surface area contributed by atoms with Crippen LogP contribution in [0.5, 0.6) is 0 Å². The first-order valence-corrected chi connectivity index (χ1v) is 7.98. The van der Waals surface area contributed by atoms with E-state index >= 15 is 0 Å². The first kappa shape index (κ1) is 15.6. The maximum absolute atomic E-state index is 4.32. The lowest BCUT2D eigenvalue weighted by atomic mass is 9.90. The maximum Gasteiger partial charge on any atom is 0.0829 e. The summed E-state index contributed by atoms with van der Waals surface area (Å²) in [5.74, 6) is 1.13. The molecule has 0 aliphatic rings. The summed E-state index contributed by atoms with van der Waals surface area (Å²) in [6, 6.07) is 0.428. The molecule has 1 rings (SSSR count). The van der Waals surface area contributed by atoms with Crippen LogP contribution in [-0.4, -0.2) is 16.1 Å². The molecular formula is C14H27N3S. The van der Waals surface area contributed by atoms with E-state index < -0.39 is 0 Å². The molecule has 18 heavy (non-hydrogen) atoms. The largest absolute Gasteiger partial charge is 0.309 e. The molecule has 1 atom stereocenters. The summed E-state index contributed by atoms with van der Waals surface area (Å²) in [7, 11) is 0. The minimum Gasteiger partial charge on any atom is -0.309 e. The molecule has 1 N–H and O–H groups in total. The molecule has 1 unspecified atom stereocenters. The van der Waals surface area contributed by atoms with Gasteiger partial charge in [-0.3, -0.25) is 0 Å². The number of nitrogens with one attached hydrogen (secondary N) is 1. The van der Waals surface area contributed by atoms with Crippen molar-refractivity contribution in [1.82, 2.24) is 14.9 Å². The van der Waals surface area contributed by atoms with E-state index in [1.807, 2.05) is 0 Å². The zero-order valence-corrected chi connectivity index (χ0v) is 13.2. The minimum atomic E-state index is 0.428. The molecule has 0 spiro atoms. The predicted octanol–water partition coefficient (Wildman–Crippen LogP) is 4.14. The van der Waals surface area contributed by atoms with Crippen LogP contribution in [0, 0.1) is 5.92 Å². The van der Waals surface area contributed by atoms with Crippen molar-refractivity contribution in [3.63, 3.8) is 0 Å². The highest BCUT2D eigenvalue weighted by Gasteiger charge is 2.26. The van der Waals surface area contributed by atoms with Gasteiger partial charge in [0.25, 0.3) is 0 Å². The number of nitrogens with zero attached hydrogens (tertiary/aromatic N) is 2. The number of rotatable bonds is 8. The Balaban J connectivity index is 2.96. The number of aromatic nitrogens is 2. The topological polar surface area (TPSA) is 37.8 Å². The standard InChI is InChI=1S/C14H27N3S/c1-6-9-15-13(11(7-2)8-3)14-12(10(4)5)16-17-18-14/h10-11,13,15H,6-9H2,1-5H3. The Hall–Kier alpha value is -0.480. The second-order valence-corrected chi connectivity index (χ2v) is 5.97. The Morgan fingerprint density at radius 2 is 1.83 bits per heavy atom. The molecule has 0 amide bonds. The van der Waals surface area contributed by atoms with E-state index in [2.05, 4.69) is 49.5 Å². The van der Waals surface area contributed by atoms with E-state index in [0.29, 0.717) is 17.9 Å². The van der Waals surface area contributed by atoms with Crippen molar-refractivity contribution >= 4 is 11.5 Å². The molecule has 0 radical (unpaired) electrons. The van der Waals surface area contributed by atoms with Gasteiger partial charge in [-0.1, -0.05) is 51.9 Å². The SMILES string of the molecule is CCCNC(c1snnc1C(C)C)C(CC)CC. The molecule has 1 aromatic rings. The Morgan fingerprint density at radius 3 is 2.33 bits per heavy atom. The summed E-state index contributed by atoms with van der Waals surface area (Å²) in [6.45, 7) is 12.2. The summed E-state index contributed by atoms with van der Waals surface area (Å²) in [4.78, 5) is 1.35. The molecule has 0 aliphatic heterocycles. The van der Waals surface area contributed by atoms with Crippen molar-refractivity contribution in [2.75, 3.05) is 6.54 Å². The van der Waals surface area contributed by atoms with Gasteiger partial charge in [-0.2, -0.15) is 0 Å². The van der Waals surface area contributed by atoms with Crippen LogP contribution in [0.2, 0.25) is 0 Å². The lowest BCUT2D eigenvalue weighted by Crippen LogP contribution is -2.29. The van der Waals surface area contributed by atoms with Gasteiger partial charge in [-0.05, 0) is 36.3 Å². The Labute approximate surface area is 116 Å². The molecule has 1 heterocycles. The van der Waals surface area contributed by atoms with Crippen LogP contribution >= 0.6 is 11.5 Å². The molecule has 0 bridgehead atoms. The Morgan fingerprint density at radius 1 is 1.17 bits per heavy atom. The predicted molar refractivity (Wildman–Crippen MR) is 79.1 cm³/mol. The first-order chi connectivity index (χ1) is 8.65. The molecule has 0 aromatic carbocycles. The summed E-state index contributed by atoms with van der Waals surface area (Å²) in [5, 5.41) is 8.02. The quantitative estimate of drug-likeness (QED) is 0.771. The fraction of sp³-hybridized carbons (Fsp3) is 0.857. The van der Waals surface area contributed by atoms with Gasteiger partial charge in [0.15, 0.2) is 0 Å². The molecule has 0 saturated carbocycles. The second kappa shape index (κ2) is 7.85. The molecule has 3 nitrogen and oxygen atoms in total. The van der Waals surface area contributed by atoms with Crippen LogP contribution in [0.15, 0.2) is 0 Å². The van der Waals surface area contributed by atoms with Gasteiger partial charge in [-0.15, -0.1) is 5.10 Å². The normalized spacial score (nSPS) is 13.5. The summed E-state index contributed by atoms with van der Waals surface area (Å²) in [6.07, 6.45) is 3.57. The summed E-state index contributed by atoms with van der Waals surface area (Å²) < 4.78 is 4.18. The van der Waals surface area contributed by atoms with Crippen LogP contribution in [0.3, 0.4) is 0 Å². The monoisotopic (exact) mass is 269 g/mol. The van der Waals surface area contributed by atoms with Gasteiger partial charge < -0.3 is 5.32 Å². The maximum atomic E-state index is 4.32. The van der Waals surface area contributed by atoms with Gasteiger partial charge in [-0.25, -0.2) is 0 Å². The average molecular weight is 269 g/mol. The van der Waals surface area contributed by atoms with Crippen LogP contribution in [-0.2, 0) is 0 Å². The van der Waals surface area contributed by atoms with Gasteiger partial charge in [0, 0.05) is 6.04 Å².